The smallest absolute Gasteiger partial charge is 0.255 e. The summed E-state index contributed by atoms with van der Waals surface area (Å²) < 4.78 is 4.74. The number of nitrogens with one attached hydrogen (secondary N) is 2. The fourth-order valence-corrected chi connectivity index (χ4v) is 1.96. The molecule has 0 fully saturated rings. The number of carbonyl (C=O) groups is 2. The number of anilines is 2. The van der Waals surface area contributed by atoms with Crippen molar-refractivity contribution in [1.29, 1.82) is 0 Å². The predicted molar refractivity (Wildman–Crippen MR) is 86.1 cm³/mol. The molecule has 22 heavy (non-hydrogen) atoms. The zero-order valence-electron chi connectivity index (χ0n) is 12.6. The summed E-state index contributed by atoms with van der Waals surface area (Å²) in [5.74, 6) is -0.431. The normalized spacial score (nSPS) is 10.1. The van der Waals surface area contributed by atoms with Crippen molar-refractivity contribution in [2.75, 3.05) is 24.4 Å². The van der Waals surface area contributed by atoms with Gasteiger partial charge in [-0.05, 0) is 48.9 Å². The van der Waals surface area contributed by atoms with Gasteiger partial charge in [0.05, 0.1) is 0 Å². The molecule has 2 amide bonds. The average Bonchev–Trinajstić information content (AvgIpc) is 2.48. The van der Waals surface area contributed by atoms with Crippen LogP contribution < -0.4 is 10.6 Å². The maximum absolute atomic E-state index is 12.1. The van der Waals surface area contributed by atoms with Gasteiger partial charge >= 0.3 is 0 Å². The summed E-state index contributed by atoms with van der Waals surface area (Å²) >= 11 is 0. The molecule has 5 heteroatoms. The number of carbonyl (C=O) groups excluding carboxylic acids is 2. The van der Waals surface area contributed by atoms with Crippen LogP contribution in [0.2, 0.25) is 0 Å². The van der Waals surface area contributed by atoms with Crippen molar-refractivity contribution in [2.24, 2.45) is 0 Å². The van der Waals surface area contributed by atoms with Gasteiger partial charge in [-0.15, -0.1) is 0 Å². The molecule has 2 rings (SSSR count). The highest BCUT2D eigenvalue weighted by molar-refractivity contribution is 6.04. The molecular weight excluding hydrogens is 280 g/mol. The summed E-state index contributed by atoms with van der Waals surface area (Å²) in [7, 11) is 1.46. The Morgan fingerprint density at radius 3 is 2.36 bits per heavy atom. The molecule has 114 valence electrons. The molecule has 0 aliphatic heterocycles. The molecule has 2 N–H and O–H groups in total. The van der Waals surface area contributed by atoms with E-state index < -0.39 is 0 Å². The van der Waals surface area contributed by atoms with E-state index >= 15 is 0 Å². The van der Waals surface area contributed by atoms with Crippen LogP contribution in [-0.2, 0) is 9.53 Å². The molecule has 0 saturated carbocycles. The highest BCUT2D eigenvalue weighted by Crippen LogP contribution is 2.14. The van der Waals surface area contributed by atoms with E-state index in [4.69, 9.17) is 4.74 Å². The minimum atomic E-state index is -0.237. The third-order valence-corrected chi connectivity index (χ3v) is 2.98. The fourth-order valence-electron chi connectivity index (χ4n) is 1.96. The van der Waals surface area contributed by atoms with Gasteiger partial charge in [0, 0.05) is 24.0 Å². The summed E-state index contributed by atoms with van der Waals surface area (Å²) in [6, 6.07) is 14.3. The first-order chi connectivity index (χ1) is 10.6. The molecule has 0 bridgehead atoms. The minimum Gasteiger partial charge on any atom is -0.375 e. The Labute approximate surface area is 129 Å². The van der Waals surface area contributed by atoms with Crippen LogP contribution in [0.1, 0.15) is 15.9 Å². The van der Waals surface area contributed by atoms with Gasteiger partial charge in [-0.3, -0.25) is 9.59 Å². The highest BCUT2D eigenvalue weighted by Gasteiger charge is 2.07. The largest absolute Gasteiger partial charge is 0.375 e. The van der Waals surface area contributed by atoms with Crippen LogP contribution in [0.4, 0.5) is 11.4 Å². The van der Waals surface area contributed by atoms with Gasteiger partial charge in [-0.1, -0.05) is 12.1 Å². The third-order valence-electron chi connectivity index (χ3n) is 2.98. The van der Waals surface area contributed by atoms with E-state index in [9.17, 15) is 9.59 Å². The molecule has 2 aromatic carbocycles. The monoisotopic (exact) mass is 298 g/mol. The van der Waals surface area contributed by atoms with E-state index in [0.29, 0.717) is 11.3 Å². The molecular formula is C17H18N2O3. The van der Waals surface area contributed by atoms with Crippen molar-refractivity contribution >= 4 is 23.2 Å². The first-order valence-corrected chi connectivity index (χ1v) is 6.85. The van der Waals surface area contributed by atoms with E-state index in [1.54, 1.807) is 24.3 Å². The minimum absolute atomic E-state index is 0.00437. The number of benzene rings is 2. The van der Waals surface area contributed by atoms with Gasteiger partial charge in [-0.25, -0.2) is 0 Å². The number of hydrogen-bond acceptors (Lipinski definition) is 3. The average molecular weight is 298 g/mol. The van der Waals surface area contributed by atoms with E-state index in [0.717, 1.165) is 11.3 Å². The van der Waals surface area contributed by atoms with Crippen molar-refractivity contribution < 1.29 is 14.3 Å². The zero-order valence-corrected chi connectivity index (χ0v) is 12.6. The van der Waals surface area contributed by atoms with E-state index in [1.807, 2.05) is 31.2 Å². The molecule has 0 aliphatic rings. The molecule has 0 radical (unpaired) electrons. The predicted octanol–water partition coefficient (Wildman–Crippen LogP) is 2.83. The third kappa shape index (κ3) is 4.43. The summed E-state index contributed by atoms with van der Waals surface area (Å²) in [4.78, 5) is 23.5. The van der Waals surface area contributed by atoms with Crippen LogP contribution in [0.5, 0.6) is 0 Å². The SMILES string of the molecule is COCC(=O)Nc1ccc(C(=O)Nc2cccc(C)c2)cc1. The Morgan fingerprint density at radius 2 is 1.73 bits per heavy atom. The maximum Gasteiger partial charge on any atom is 0.255 e. The lowest BCUT2D eigenvalue weighted by atomic mass is 10.1. The van der Waals surface area contributed by atoms with Crippen LogP contribution in [0.25, 0.3) is 0 Å². The second-order valence-electron chi connectivity index (χ2n) is 4.88. The summed E-state index contributed by atoms with van der Waals surface area (Å²) in [5, 5.41) is 5.50. The number of hydrogen-bond donors (Lipinski definition) is 2. The number of methoxy groups -OCH3 is 1. The Kier molecular flexibility index (Phi) is 5.27. The second kappa shape index (κ2) is 7.38. The fraction of sp³-hybridized carbons (Fsp3) is 0.176. The standard InChI is InChI=1S/C17H18N2O3/c1-12-4-3-5-15(10-12)19-17(21)13-6-8-14(9-7-13)18-16(20)11-22-2/h3-10H,11H2,1-2H3,(H,18,20)(H,19,21). The van der Waals surface area contributed by atoms with Crippen molar-refractivity contribution in [3.8, 4) is 0 Å². The lowest BCUT2D eigenvalue weighted by molar-refractivity contribution is -0.119. The molecule has 0 saturated heterocycles. The number of rotatable bonds is 5. The van der Waals surface area contributed by atoms with Gasteiger partial charge < -0.3 is 15.4 Å². The molecule has 0 spiro atoms. The van der Waals surface area contributed by atoms with Crippen LogP contribution in [0.3, 0.4) is 0 Å². The lowest BCUT2D eigenvalue weighted by Crippen LogP contribution is -2.17. The molecule has 2 aromatic rings. The Hall–Kier alpha value is -2.66. The lowest BCUT2D eigenvalue weighted by Gasteiger charge is -2.08. The van der Waals surface area contributed by atoms with Gasteiger partial charge in [-0.2, -0.15) is 0 Å². The molecule has 0 heterocycles. The van der Waals surface area contributed by atoms with Gasteiger partial charge in [0.15, 0.2) is 0 Å². The van der Waals surface area contributed by atoms with Crippen molar-refractivity contribution in [3.05, 3.63) is 59.7 Å². The van der Waals surface area contributed by atoms with E-state index in [2.05, 4.69) is 10.6 Å². The summed E-state index contributed by atoms with van der Waals surface area (Å²) in [5.41, 5.74) is 2.97. The van der Waals surface area contributed by atoms with Gasteiger partial charge in [0.1, 0.15) is 6.61 Å². The topological polar surface area (TPSA) is 67.4 Å². The van der Waals surface area contributed by atoms with Crippen LogP contribution in [0.15, 0.2) is 48.5 Å². The second-order valence-corrected chi connectivity index (χ2v) is 4.88. The molecule has 0 atom stereocenters. The first kappa shape index (κ1) is 15.7. The highest BCUT2D eigenvalue weighted by atomic mass is 16.5. The number of amides is 2. The molecule has 5 nitrogen and oxygen atoms in total. The van der Waals surface area contributed by atoms with E-state index in [1.165, 1.54) is 7.11 Å². The Morgan fingerprint density at radius 1 is 1.00 bits per heavy atom. The van der Waals surface area contributed by atoms with Crippen molar-refractivity contribution in [1.82, 2.24) is 0 Å². The molecule has 0 aliphatic carbocycles. The number of ether oxygens (including phenoxy) is 1. The number of aryl methyl sites for hydroxylation is 1. The quantitative estimate of drug-likeness (QED) is 0.892. The van der Waals surface area contributed by atoms with Crippen LogP contribution >= 0.6 is 0 Å². The summed E-state index contributed by atoms with van der Waals surface area (Å²) in [6.07, 6.45) is 0. The van der Waals surface area contributed by atoms with Crippen LogP contribution in [0, 0.1) is 6.92 Å². The van der Waals surface area contributed by atoms with E-state index in [-0.39, 0.29) is 18.4 Å². The van der Waals surface area contributed by atoms with Crippen molar-refractivity contribution in [2.45, 2.75) is 6.92 Å². The summed E-state index contributed by atoms with van der Waals surface area (Å²) in [6.45, 7) is 1.96. The maximum atomic E-state index is 12.1. The molecule has 0 unspecified atom stereocenters. The zero-order chi connectivity index (χ0) is 15.9. The van der Waals surface area contributed by atoms with Gasteiger partial charge in [0.2, 0.25) is 5.91 Å². The molecule has 0 aromatic heterocycles. The Balaban J connectivity index is 2.00. The van der Waals surface area contributed by atoms with Gasteiger partial charge in [0.25, 0.3) is 5.91 Å². The Bertz CT molecular complexity index is 666. The first-order valence-electron chi connectivity index (χ1n) is 6.85. The van der Waals surface area contributed by atoms with Crippen LogP contribution in [-0.4, -0.2) is 25.5 Å². The van der Waals surface area contributed by atoms with Crippen molar-refractivity contribution in [3.63, 3.8) is 0 Å².